The lowest BCUT2D eigenvalue weighted by atomic mass is 10.1. The first kappa shape index (κ1) is 14.3. The summed E-state index contributed by atoms with van der Waals surface area (Å²) < 4.78 is 2.54. The second-order valence-electron chi connectivity index (χ2n) is 4.63. The fraction of sp³-hybridized carbons (Fsp3) is 0.0625. The molecule has 2 aromatic carbocycles. The first-order valence-electron chi connectivity index (χ1n) is 6.38. The highest BCUT2D eigenvalue weighted by molar-refractivity contribution is 9.10. The van der Waals surface area contributed by atoms with Crippen LogP contribution in [0, 0.1) is 0 Å². The molecular weight excluding hydrogens is 352 g/mol. The van der Waals surface area contributed by atoms with Gasteiger partial charge in [-0.15, -0.1) is 0 Å². The zero-order chi connectivity index (χ0) is 14.8. The van der Waals surface area contributed by atoms with Crippen LogP contribution in [0.2, 0.25) is 5.02 Å². The molecule has 0 saturated heterocycles. The van der Waals surface area contributed by atoms with E-state index in [4.69, 9.17) is 11.6 Å². The van der Waals surface area contributed by atoms with Crippen LogP contribution in [0.5, 0.6) is 0 Å². The van der Waals surface area contributed by atoms with E-state index in [0.717, 1.165) is 21.3 Å². The minimum absolute atomic E-state index is 0.571. The highest BCUT2D eigenvalue weighted by Crippen LogP contribution is 2.29. The number of rotatable bonds is 3. The monoisotopic (exact) mass is 362 g/mol. The fourth-order valence-electron chi connectivity index (χ4n) is 2.07. The topological polar surface area (TPSA) is 38.1 Å². The second-order valence-corrected chi connectivity index (χ2v) is 5.89. The third-order valence-electron chi connectivity index (χ3n) is 3.20. The molecule has 1 aromatic heterocycles. The number of aliphatic hydroxyl groups is 1. The molecule has 106 valence electrons. The quantitative estimate of drug-likeness (QED) is 0.750. The first-order chi connectivity index (χ1) is 10.1. The minimum atomic E-state index is -0.756. The number of hydrogen-bond acceptors (Lipinski definition) is 2. The third-order valence-corrected chi connectivity index (χ3v) is 4.43. The van der Waals surface area contributed by atoms with Crippen LogP contribution in [0.4, 0.5) is 0 Å². The highest BCUT2D eigenvalue weighted by atomic mass is 79.9. The van der Waals surface area contributed by atoms with Crippen molar-refractivity contribution in [3.8, 4) is 5.69 Å². The molecule has 3 rings (SSSR count). The Morgan fingerprint density at radius 1 is 1.10 bits per heavy atom. The van der Waals surface area contributed by atoms with Gasteiger partial charge < -0.3 is 5.11 Å². The summed E-state index contributed by atoms with van der Waals surface area (Å²) in [6.45, 7) is 0. The predicted molar refractivity (Wildman–Crippen MR) is 86.8 cm³/mol. The van der Waals surface area contributed by atoms with E-state index >= 15 is 0 Å². The SMILES string of the molecule is OC(c1ccc(Br)c(Cl)c1)c1cnn(-c2ccccc2)c1. The molecule has 3 aromatic rings. The Morgan fingerprint density at radius 2 is 1.86 bits per heavy atom. The summed E-state index contributed by atoms with van der Waals surface area (Å²) in [6, 6.07) is 15.2. The van der Waals surface area contributed by atoms with Crippen LogP contribution in [0.3, 0.4) is 0 Å². The minimum Gasteiger partial charge on any atom is -0.384 e. The van der Waals surface area contributed by atoms with Crippen molar-refractivity contribution in [2.24, 2.45) is 0 Å². The smallest absolute Gasteiger partial charge is 0.107 e. The molecule has 0 bridgehead atoms. The number of para-hydroxylation sites is 1. The molecule has 1 heterocycles. The number of benzene rings is 2. The molecule has 0 aliphatic rings. The summed E-state index contributed by atoms with van der Waals surface area (Å²) in [5, 5.41) is 15.3. The Balaban J connectivity index is 1.90. The average Bonchev–Trinajstić information content (AvgIpc) is 3.00. The van der Waals surface area contributed by atoms with Crippen LogP contribution in [0.1, 0.15) is 17.2 Å². The first-order valence-corrected chi connectivity index (χ1v) is 7.55. The second kappa shape index (κ2) is 6.02. The van der Waals surface area contributed by atoms with Crippen LogP contribution in [0.25, 0.3) is 5.69 Å². The molecule has 0 amide bonds. The zero-order valence-corrected chi connectivity index (χ0v) is 13.3. The van der Waals surface area contributed by atoms with Gasteiger partial charge in [0.2, 0.25) is 0 Å². The summed E-state index contributed by atoms with van der Waals surface area (Å²) in [6.07, 6.45) is 2.72. The van der Waals surface area contributed by atoms with Gasteiger partial charge in [-0.3, -0.25) is 0 Å². The summed E-state index contributed by atoms with van der Waals surface area (Å²) in [5.74, 6) is 0. The van der Waals surface area contributed by atoms with Gasteiger partial charge >= 0.3 is 0 Å². The van der Waals surface area contributed by atoms with Crippen molar-refractivity contribution in [1.82, 2.24) is 9.78 Å². The molecule has 21 heavy (non-hydrogen) atoms. The van der Waals surface area contributed by atoms with Crippen molar-refractivity contribution in [1.29, 1.82) is 0 Å². The van der Waals surface area contributed by atoms with E-state index in [9.17, 15) is 5.11 Å². The lowest BCUT2D eigenvalue weighted by Crippen LogP contribution is -1.98. The molecule has 1 N–H and O–H groups in total. The normalized spacial score (nSPS) is 12.3. The van der Waals surface area contributed by atoms with Crippen molar-refractivity contribution < 1.29 is 5.11 Å². The lowest BCUT2D eigenvalue weighted by Gasteiger charge is -2.09. The van der Waals surface area contributed by atoms with Crippen molar-refractivity contribution in [3.05, 3.63) is 81.5 Å². The fourth-order valence-corrected chi connectivity index (χ4v) is 2.51. The summed E-state index contributed by atoms with van der Waals surface area (Å²) >= 11 is 9.41. The maximum Gasteiger partial charge on any atom is 0.107 e. The van der Waals surface area contributed by atoms with E-state index in [0.29, 0.717) is 5.02 Å². The molecule has 0 aliphatic heterocycles. The van der Waals surface area contributed by atoms with Gasteiger partial charge in [0.05, 0.1) is 16.9 Å². The van der Waals surface area contributed by atoms with E-state index in [1.807, 2.05) is 48.7 Å². The largest absolute Gasteiger partial charge is 0.384 e. The number of aromatic nitrogens is 2. The summed E-state index contributed by atoms with van der Waals surface area (Å²) in [7, 11) is 0. The summed E-state index contributed by atoms with van der Waals surface area (Å²) in [5.41, 5.74) is 2.40. The Morgan fingerprint density at radius 3 is 2.57 bits per heavy atom. The Hall–Kier alpha value is -1.62. The van der Waals surface area contributed by atoms with Crippen LogP contribution >= 0.6 is 27.5 Å². The Labute approximate surface area is 135 Å². The van der Waals surface area contributed by atoms with E-state index in [-0.39, 0.29) is 0 Å². The third kappa shape index (κ3) is 3.02. The molecule has 0 fully saturated rings. The Bertz CT molecular complexity index is 758. The van der Waals surface area contributed by atoms with Crippen molar-refractivity contribution in [3.63, 3.8) is 0 Å². The van der Waals surface area contributed by atoms with Crippen molar-refractivity contribution >= 4 is 27.5 Å². The molecule has 1 unspecified atom stereocenters. The number of hydrogen-bond donors (Lipinski definition) is 1. The standard InChI is InChI=1S/C16H12BrClN2O/c17-14-7-6-11(8-15(14)18)16(21)12-9-19-20(10-12)13-4-2-1-3-5-13/h1-10,16,21H. The number of halogens is 2. The summed E-state index contributed by atoms with van der Waals surface area (Å²) in [4.78, 5) is 0. The molecule has 0 spiro atoms. The predicted octanol–water partition coefficient (Wildman–Crippen LogP) is 4.37. The van der Waals surface area contributed by atoms with Crippen LogP contribution in [0.15, 0.2) is 65.4 Å². The maximum absolute atomic E-state index is 10.4. The van der Waals surface area contributed by atoms with Crippen LogP contribution < -0.4 is 0 Å². The maximum atomic E-state index is 10.4. The van der Waals surface area contributed by atoms with Crippen molar-refractivity contribution in [2.45, 2.75) is 6.10 Å². The van der Waals surface area contributed by atoms with Crippen LogP contribution in [-0.4, -0.2) is 14.9 Å². The van der Waals surface area contributed by atoms with E-state index < -0.39 is 6.10 Å². The van der Waals surface area contributed by atoms with Crippen LogP contribution in [-0.2, 0) is 0 Å². The van der Waals surface area contributed by atoms with E-state index in [1.54, 1.807) is 16.9 Å². The van der Waals surface area contributed by atoms with Crippen molar-refractivity contribution in [2.75, 3.05) is 0 Å². The molecule has 0 aliphatic carbocycles. The Kier molecular flexibility index (Phi) is 4.10. The van der Waals surface area contributed by atoms with Gasteiger partial charge in [0.25, 0.3) is 0 Å². The number of aliphatic hydroxyl groups excluding tert-OH is 1. The highest BCUT2D eigenvalue weighted by Gasteiger charge is 2.14. The molecular formula is C16H12BrClN2O. The van der Waals surface area contributed by atoms with Gasteiger partial charge in [-0.25, -0.2) is 4.68 Å². The number of nitrogens with zero attached hydrogens (tertiary/aromatic N) is 2. The van der Waals surface area contributed by atoms with Gasteiger partial charge in [0.1, 0.15) is 6.10 Å². The van der Waals surface area contributed by atoms with E-state index in [1.165, 1.54) is 0 Å². The lowest BCUT2D eigenvalue weighted by molar-refractivity contribution is 0.220. The molecule has 0 radical (unpaired) electrons. The molecule has 0 saturated carbocycles. The van der Waals surface area contributed by atoms with Gasteiger partial charge in [-0.05, 0) is 45.8 Å². The van der Waals surface area contributed by atoms with E-state index in [2.05, 4.69) is 21.0 Å². The van der Waals surface area contributed by atoms with Gasteiger partial charge in [-0.1, -0.05) is 35.9 Å². The van der Waals surface area contributed by atoms with Gasteiger partial charge in [0, 0.05) is 16.2 Å². The van der Waals surface area contributed by atoms with Gasteiger partial charge in [-0.2, -0.15) is 5.10 Å². The zero-order valence-electron chi connectivity index (χ0n) is 10.9. The average molecular weight is 364 g/mol. The van der Waals surface area contributed by atoms with Gasteiger partial charge in [0.15, 0.2) is 0 Å². The molecule has 5 heteroatoms. The molecule has 1 atom stereocenters. The molecule has 3 nitrogen and oxygen atoms in total.